The molecule has 3 rings (SSSR count). The number of carbonyl (C=O) groups excluding carboxylic acids is 1. The number of hydrogen-bond donors (Lipinski definition) is 2. The van der Waals surface area contributed by atoms with Gasteiger partial charge >= 0.3 is 0 Å². The maximum Gasteiger partial charge on any atom is 0.241 e. The predicted octanol–water partition coefficient (Wildman–Crippen LogP) is 2.75. The van der Waals surface area contributed by atoms with Crippen molar-refractivity contribution in [3.63, 3.8) is 0 Å². The first-order chi connectivity index (χ1) is 13.5. The number of benzene rings is 2. The first kappa shape index (κ1) is 19.9. The van der Waals surface area contributed by atoms with E-state index >= 15 is 0 Å². The minimum absolute atomic E-state index is 0.114. The Labute approximate surface area is 166 Å². The van der Waals surface area contributed by atoms with Gasteiger partial charge in [-0.25, -0.2) is 5.43 Å². The van der Waals surface area contributed by atoms with Gasteiger partial charge in [-0.3, -0.25) is 9.69 Å². The van der Waals surface area contributed by atoms with Crippen molar-refractivity contribution in [2.75, 3.05) is 37.6 Å². The highest BCUT2D eigenvalue weighted by Crippen LogP contribution is 2.19. The highest BCUT2D eigenvalue weighted by atomic mass is 16.3. The van der Waals surface area contributed by atoms with Crippen LogP contribution in [0.3, 0.4) is 0 Å². The summed E-state index contributed by atoms with van der Waals surface area (Å²) in [6.07, 6.45) is 0.405. The van der Waals surface area contributed by atoms with E-state index in [1.54, 1.807) is 13.0 Å². The van der Waals surface area contributed by atoms with Gasteiger partial charge in [0.1, 0.15) is 5.75 Å². The molecule has 1 saturated heterocycles. The third-order valence-electron chi connectivity index (χ3n) is 5.04. The van der Waals surface area contributed by atoms with Crippen LogP contribution in [0.4, 0.5) is 5.69 Å². The normalized spacial score (nSPS) is 15.5. The fourth-order valence-electron chi connectivity index (χ4n) is 3.33. The fraction of sp³-hybridized carbons (Fsp3) is 0.364. The van der Waals surface area contributed by atoms with E-state index in [1.807, 2.05) is 25.1 Å². The zero-order valence-corrected chi connectivity index (χ0v) is 16.6. The minimum Gasteiger partial charge on any atom is -0.507 e. The highest BCUT2D eigenvalue weighted by Gasteiger charge is 2.17. The van der Waals surface area contributed by atoms with Crippen LogP contribution >= 0.6 is 0 Å². The molecule has 2 N–H and O–H groups in total. The fourth-order valence-corrected chi connectivity index (χ4v) is 3.33. The number of amides is 1. The number of phenols is 1. The Balaban J connectivity index is 1.43. The summed E-state index contributed by atoms with van der Waals surface area (Å²) in [4.78, 5) is 16.8. The molecule has 1 amide bonds. The van der Waals surface area contributed by atoms with Gasteiger partial charge in [0.2, 0.25) is 5.91 Å². The van der Waals surface area contributed by atoms with Gasteiger partial charge in [-0.15, -0.1) is 0 Å². The molecular weight excluding hydrogens is 352 g/mol. The van der Waals surface area contributed by atoms with E-state index in [-0.39, 0.29) is 11.7 Å². The molecule has 1 aliphatic heterocycles. The summed E-state index contributed by atoms with van der Waals surface area (Å²) in [5.41, 5.74) is 6.11. The van der Waals surface area contributed by atoms with Gasteiger partial charge in [-0.2, -0.15) is 5.10 Å². The first-order valence-corrected chi connectivity index (χ1v) is 9.68. The molecule has 6 nitrogen and oxygen atoms in total. The number of hydrazone groups is 1. The molecule has 28 heavy (non-hydrogen) atoms. The summed E-state index contributed by atoms with van der Waals surface area (Å²) >= 11 is 0. The number of phenolic OH excluding ortho intramolecular Hbond substituents is 1. The second-order valence-corrected chi connectivity index (χ2v) is 7.17. The topological polar surface area (TPSA) is 68.2 Å². The molecule has 6 heteroatoms. The summed E-state index contributed by atoms with van der Waals surface area (Å²) in [5.74, 6) is 0.0503. The molecule has 0 spiro atoms. The molecule has 1 fully saturated rings. The van der Waals surface area contributed by atoms with Crippen LogP contribution in [0, 0.1) is 6.92 Å². The maximum atomic E-state index is 12.1. The Kier molecular flexibility index (Phi) is 6.66. The third kappa shape index (κ3) is 5.33. The van der Waals surface area contributed by atoms with E-state index in [9.17, 15) is 9.90 Å². The summed E-state index contributed by atoms with van der Waals surface area (Å²) in [7, 11) is 0. The van der Waals surface area contributed by atoms with E-state index in [0.29, 0.717) is 17.7 Å². The molecule has 0 bridgehead atoms. The van der Waals surface area contributed by atoms with Crippen LogP contribution < -0.4 is 10.3 Å². The van der Waals surface area contributed by atoms with Crippen LogP contribution in [-0.2, 0) is 4.79 Å². The zero-order valence-electron chi connectivity index (χ0n) is 16.6. The summed E-state index contributed by atoms with van der Waals surface area (Å²) in [5, 5.41) is 14.1. The van der Waals surface area contributed by atoms with Crippen molar-refractivity contribution in [1.29, 1.82) is 0 Å². The number of aromatic hydroxyl groups is 1. The quantitative estimate of drug-likeness (QED) is 0.597. The van der Waals surface area contributed by atoms with E-state index in [1.165, 1.54) is 5.69 Å². The van der Waals surface area contributed by atoms with E-state index < -0.39 is 0 Å². The molecule has 0 saturated carbocycles. The summed E-state index contributed by atoms with van der Waals surface area (Å²) in [6, 6.07) is 15.7. The number of anilines is 1. The summed E-state index contributed by atoms with van der Waals surface area (Å²) in [6.45, 7) is 8.27. The second kappa shape index (κ2) is 9.37. The number of aryl methyl sites for hydroxylation is 1. The average Bonchev–Trinajstić information content (AvgIpc) is 2.73. The Morgan fingerprint density at radius 2 is 1.82 bits per heavy atom. The molecule has 0 radical (unpaired) electrons. The number of rotatable bonds is 6. The molecule has 1 aliphatic rings. The number of nitrogens with one attached hydrogen (secondary N) is 1. The first-order valence-electron chi connectivity index (χ1n) is 9.68. The smallest absolute Gasteiger partial charge is 0.241 e. The van der Waals surface area contributed by atoms with E-state index in [0.717, 1.165) is 38.3 Å². The van der Waals surface area contributed by atoms with Crippen LogP contribution in [0.2, 0.25) is 0 Å². The van der Waals surface area contributed by atoms with Gasteiger partial charge in [0, 0.05) is 50.4 Å². The van der Waals surface area contributed by atoms with Crippen molar-refractivity contribution < 1.29 is 9.90 Å². The lowest BCUT2D eigenvalue weighted by Gasteiger charge is -2.36. The monoisotopic (exact) mass is 380 g/mol. The molecule has 148 valence electrons. The van der Waals surface area contributed by atoms with Gasteiger partial charge in [-0.1, -0.05) is 29.8 Å². The lowest BCUT2D eigenvalue weighted by molar-refractivity contribution is -0.121. The van der Waals surface area contributed by atoms with Gasteiger partial charge in [0.05, 0.1) is 5.71 Å². The van der Waals surface area contributed by atoms with Crippen LogP contribution in [0.15, 0.2) is 53.6 Å². The van der Waals surface area contributed by atoms with Crippen molar-refractivity contribution in [3.05, 3.63) is 59.7 Å². The summed E-state index contributed by atoms with van der Waals surface area (Å²) < 4.78 is 0. The van der Waals surface area contributed by atoms with Crippen molar-refractivity contribution in [2.24, 2.45) is 5.10 Å². The standard InChI is InChI=1S/C22H28N4O2/c1-17-8-9-21(27)20(16-17)18(2)23-24-22(28)10-11-25-12-14-26(15-13-25)19-6-4-3-5-7-19/h3-9,16,27H,10-15H2,1-2H3,(H,24,28)/b23-18+. The molecular formula is C22H28N4O2. The number of piperazine rings is 1. The van der Waals surface area contributed by atoms with Gasteiger partial charge < -0.3 is 10.0 Å². The van der Waals surface area contributed by atoms with Crippen molar-refractivity contribution in [1.82, 2.24) is 10.3 Å². The molecule has 0 aromatic heterocycles. The predicted molar refractivity (Wildman–Crippen MR) is 113 cm³/mol. The second-order valence-electron chi connectivity index (χ2n) is 7.17. The van der Waals surface area contributed by atoms with Crippen molar-refractivity contribution >= 4 is 17.3 Å². The maximum absolute atomic E-state index is 12.1. The van der Waals surface area contributed by atoms with E-state index in [2.05, 4.69) is 44.6 Å². The SMILES string of the molecule is C/C(=N\NC(=O)CCN1CCN(c2ccccc2)CC1)c1cc(C)ccc1O. The van der Waals surface area contributed by atoms with Crippen LogP contribution in [0.25, 0.3) is 0 Å². The molecule has 0 atom stereocenters. The molecule has 2 aromatic rings. The minimum atomic E-state index is -0.114. The molecule has 2 aromatic carbocycles. The number of carbonyl (C=O) groups is 1. The van der Waals surface area contributed by atoms with Gasteiger partial charge in [0.15, 0.2) is 0 Å². The van der Waals surface area contributed by atoms with Crippen molar-refractivity contribution in [2.45, 2.75) is 20.3 Å². The largest absolute Gasteiger partial charge is 0.507 e. The van der Waals surface area contributed by atoms with Gasteiger partial charge in [0.25, 0.3) is 0 Å². The lowest BCUT2D eigenvalue weighted by Crippen LogP contribution is -2.47. The Hall–Kier alpha value is -2.86. The molecule has 0 aliphatic carbocycles. The number of para-hydroxylation sites is 1. The third-order valence-corrected chi connectivity index (χ3v) is 5.04. The highest BCUT2D eigenvalue weighted by molar-refractivity contribution is 6.01. The number of hydrogen-bond acceptors (Lipinski definition) is 5. The van der Waals surface area contributed by atoms with Gasteiger partial charge in [-0.05, 0) is 38.1 Å². The molecule has 0 unspecified atom stereocenters. The van der Waals surface area contributed by atoms with Crippen molar-refractivity contribution in [3.8, 4) is 5.75 Å². The van der Waals surface area contributed by atoms with Crippen LogP contribution in [0.5, 0.6) is 5.75 Å². The Bertz CT molecular complexity index is 828. The average molecular weight is 380 g/mol. The Morgan fingerprint density at radius 1 is 1.11 bits per heavy atom. The van der Waals surface area contributed by atoms with E-state index in [4.69, 9.17) is 0 Å². The lowest BCUT2D eigenvalue weighted by atomic mass is 10.1. The van der Waals surface area contributed by atoms with Crippen LogP contribution in [-0.4, -0.2) is 54.3 Å². The number of nitrogens with zero attached hydrogens (tertiary/aromatic N) is 3. The zero-order chi connectivity index (χ0) is 19.9. The van der Waals surface area contributed by atoms with Crippen LogP contribution in [0.1, 0.15) is 24.5 Å². The molecule has 1 heterocycles. The Morgan fingerprint density at radius 3 is 2.54 bits per heavy atom.